The first kappa shape index (κ1) is 18.6. The third-order valence-electron chi connectivity index (χ3n) is 4.64. The molecule has 2 aromatic carbocycles. The molecule has 1 amide bonds. The molecule has 7 heteroatoms. The lowest BCUT2D eigenvalue weighted by Crippen LogP contribution is -2.25. The molecule has 0 aliphatic rings. The lowest BCUT2D eigenvalue weighted by atomic mass is 10.2. The molecular weight excluding hydrogens is 364 g/mol. The van der Waals surface area contributed by atoms with Crippen LogP contribution in [0.25, 0.3) is 22.2 Å². The maximum Gasteiger partial charge on any atom is 0.257 e. The number of aromatic nitrogens is 3. The second kappa shape index (κ2) is 8.10. The minimum absolute atomic E-state index is 0.219. The van der Waals surface area contributed by atoms with Gasteiger partial charge in [-0.15, -0.1) is 0 Å². The van der Waals surface area contributed by atoms with Gasteiger partial charge in [0, 0.05) is 6.54 Å². The van der Waals surface area contributed by atoms with Crippen molar-refractivity contribution >= 4 is 40.1 Å². The molecule has 0 atom stereocenters. The van der Waals surface area contributed by atoms with Gasteiger partial charge in [-0.05, 0) is 24.1 Å². The van der Waals surface area contributed by atoms with Gasteiger partial charge in [0.2, 0.25) is 0 Å². The molecule has 0 radical (unpaired) electrons. The van der Waals surface area contributed by atoms with Crippen molar-refractivity contribution in [1.29, 1.82) is 0 Å². The van der Waals surface area contributed by atoms with Crippen LogP contribution in [0.15, 0.2) is 59.7 Å². The van der Waals surface area contributed by atoms with Crippen LogP contribution in [0.3, 0.4) is 0 Å². The summed E-state index contributed by atoms with van der Waals surface area (Å²) in [5.41, 5.74) is 9.89. The molecule has 0 saturated heterocycles. The lowest BCUT2D eigenvalue weighted by Gasteiger charge is -2.04. The first-order valence-electron chi connectivity index (χ1n) is 9.63. The van der Waals surface area contributed by atoms with Crippen molar-refractivity contribution in [2.45, 2.75) is 19.8 Å². The van der Waals surface area contributed by atoms with Gasteiger partial charge in [-0.2, -0.15) is 9.78 Å². The predicted molar refractivity (Wildman–Crippen MR) is 116 cm³/mol. The van der Waals surface area contributed by atoms with Gasteiger partial charge in [-0.1, -0.05) is 55.8 Å². The van der Waals surface area contributed by atoms with Gasteiger partial charge in [0.1, 0.15) is 16.9 Å². The number of carbonyl (C=O) groups is 1. The number of rotatable bonds is 6. The maximum absolute atomic E-state index is 12.9. The van der Waals surface area contributed by atoms with Gasteiger partial charge in [0.15, 0.2) is 5.65 Å². The quantitative estimate of drug-likeness (QED) is 0.391. The van der Waals surface area contributed by atoms with E-state index in [-0.39, 0.29) is 11.7 Å². The van der Waals surface area contributed by atoms with Crippen LogP contribution in [0, 0.1) is 0 Å². The Kier molecular flexibility index (Phi) is 5.20. The molecule has 146 valence electrons. The molecular formula is C22H22N6O. The van der Waals surface area contributed by atoms with E-state index in [4.69, 9.17) is 5.73 Å². The van der Waals surface area contributed by atoms with Crippen LogP contribution in [0.1, 0.15) is 35.7 Å². The fourth-order valence-corrected chi connectivity index (χ4v) is 3.12. The molecule has 0 saturated carbocycles. The van der Waals surface area contributed by atoms with Gasteiger partial charge in [-0.3, -0.25) is 4.79 Å². The maximum atomic E-state index is 12.9. The van der Waals surface area contributed by atoms with Crippen LogP contribution in [0.5, 0.6) is 0 Å². The van der Waals surface area contributed by atoms with E-state index in [1.807, 2.05) is 54.6 Å². The van der Waals surface area contributed by atoms with Crippen LogP contribution in [0.2, 0.25) is 0 Å². The fraction of sp³-hybridized carbons (Fsp3) is 0.182. The molecule has 0 bridgehead atoms. The third kappa shape index (κ3) is 3.67. The molecule has 2 heterocycles. The minimum Gasteiger partial charge on any atom is -0.383 e. The van der Waals surface area contributed by atoms with Crippen LogP contribution < -0.4 is 11.1 Å². The van der Waals surface area contributed by atoms with Gasteiger partial charge >= 0.3 is 0 Å². The number of hydrogen-bond donors (Lipinski definition) is 2. The normalized spacial score (nSPS) is 11.5. The number of hydrogen-bond acceptors (Lipinski definition) is 5. The van der Waals surface area contributed by atoms with Crippen LogP contribution in [-0.4, -0.2) is 33.3 Å². The molecule has 3 N–H and O–H groups in total. The molecule has 0 aliphatic heterocycles. The van der Waals surface area contributed by atoms with Gasteiger partial charge in [-0.25, -0.2) is 9.97 Å². The monoisotopic (exact) mass is 386 g/mol. The highest BCUT2D eigenvalue weighted by molar-refractivity contribution is 6.10. The zero-order chi connectivity index (χ0) is 20.2. The van der Waals surface area contributed by atoms with E-state index in [1.54, 1.807) is 6.21 Å². The lowest BCUT2D eigenvalue weighted by molar-refractivity contribution is 0.0955. The van der Waals surface area contributed by atoms with Crippen LogP contribution in [-0.2, 0) is 0 Å². The molecule has 0 spiro atoms. The number of anilines is 1. The van der Waals surface area contributed by atoms with E-state index in [0.717, 1.165) is 18.4 Å². The topological polar surface area (TPSA) is 98.2 Å². The van der Waals surface area contributed by atoms with Crippen molar-refractivity contribution in [2.75, 3.05) is 12.3 Å². The number of unbranched alkanes of at least 4 members (excludes halogenated alkanes) is 1. The third-order valence-corrected chi connectivity index (χ3v) is 4.64. The number of fused-ring (bicyclic) bond motifs is 2. The summed E-state index contributed by atoms with van der Waals surface area (Å²) in [5, 5.41) is 7.41. The Morgan fingerprint density at radius 1 is 1.10 bits per heavy atom. The summed E-state index contributed by atoms with van der Waals surface area (Å²) in [6, 6.07) is 17.2. The molecule has 0 aliphatic carbocycles. The van der Waals surface area contributed by atoms with Gasteiger partial charge in [0.05, 0.1) is 17.2 Å². The van der Waals surface area contributed by atoms with Crippen molar-refractivity contribution in [3.05, 3.63) is 65.7 Å². The number of nitrogens with zero attached hydrogens (tertiary/aromatic N) is 4. The number of nitrogen functional groups attached to an aromatic ring is 1. The summed E-state index contributed by atoms with van der Waals surface area (Å²) < 4.78 is 1.48. The summed E-state index contributed by atoms with van der Waals surface area (Å²) in [6.07, 6.45) is 3.57. The standard InChI is InChI=1S/C22H22N6O/c1-2-3-13-24-22(29)18-19-21(27-17-12-8-7-11-16(17)26-19)28(20(18)23)25-14-15-9-5-4-6-10-15/h4-12,14H,2-3,13,23H2,1H3,(H,24,29)/b25-14-. The van der Waals surface area contributed by atoms with Gasteiger partial charge < -0.3 is 11.1 Å². The van der Waals surface area contributed by atoms with Crippen LogP contribution in [0.4, 0.5) is 5.82 Å². The fourth-order valence-electron chi connectivity index (χ4n) is 3.12. The zero-order valence-electron chi connectivity index (χ0n) is 16.2. The highest BCUT2D eigenvalue weighted by Gasteiger charge is 2.23. The number of nitrogens with one attached hydrogen (secondary N) is 1. The SMILES string of the molecule is CCCCNC(=O)c1c(N)n(/N=C\c2ccccc2)c2nc3ccccc3nc12. The molecule has 7 nitrogen and oxygen atoms in total. The Bertz CT molecular complexity index is 1200. The van der Waals surface area contributed by atoms with Gasteiger partial charge in [0.25, 0.3) is 5.91 Å². The van der Waals surface area contributed by atoms with E-state index < -0.39 is 0 Å². The smallest absolute Gasteiger partial charge is 0.257 e. The molecule has 4 rings (SSSR count). The second-order valence-electron chi connectivity index (χ2n) is 6.72. The van der Waals surface area contributed by atoms with Crippen molar-refractivity contribution in [1.82, 2.24) is 20.0 Å². The summed E-state index contributed by atoms with van der Waals surface area (Å²) in [7, 11) is 0. The number of amides is 1. The molecule has 0 fully saturated rings. The minimum atomic E-state index is -0.265. The number of para-hydroxylation sites is 2. The van der Waals surface area contributed by atoms with E-state index in [1.165, 1.54) is 4.68 Å². The zero-order valence-corrected chi connectivity index (χ0v) is 16.2. The Hall–Kier alpha value is -3.74. The first-order chi connectivity index (χ1) is 14.2. The van der Waals surface area contributed by atoms with Crippen molar-refractivity contribution in [2.24, 2.45) is 5.10 Å². The average molecular weight is 386 g/mol. The molecule has 2 aromatic heterocycles. The molecule has 4 aromatic rings. The predicted octanol–water partition coefficient (Wildman–Crippen LogP) is 3.58. The summed E-state index contributed by atoms with van der Waals surface area (Å²) in [5.74, 6) is -0.0457. The van der Waals surface area contributed by atoms with E-state index >= 15 is 0 Å². The number of benzene rings is 2. The van der Waals surface area contributed by atoms with Crippen molar-refractivity contribution < 1.29 is 4.79 Å². The summed E-state index contributed by atoms with van der Waals surface area (Å²) in [4.78, 5) is 22.2. The molecule has 29 heavy (non-hydrogen) atoms. The highest BCUT2D eigenvalue weighted by Crippen LogP contribution is 2.27. The van der Waals surface area contributed by atoms with Crippen molar-refractivity contribution in [3.63, 3.8) is 0 Å². The van der Waals surface area contributed by atoms with Crippen molar-refractivity contribution in [3.8, 4) is 0 Å². The van der Waals surface area contributed by atoms with E-state index in [2.05, 4.69) is 27.3 Å². The summed E-state index contributed by atoms with van der Waals surface area (Å²) >= 11 is 0. The number of nitrogens with two attached hydrogens (primary N) is 1. The molecule has 0 unspecified atom stereocenters. The first-order valence-corrected chi connectivity index (χ1v) is 9.63. The Morgan fingerprint density at radius 2 is 1.79 bits per heavy atom. The van der Waals surface area contributed by atoms with E-state index in [9.17, 15) is 4.79 Å². The average Bonchev–Trinajstić information content (AvgIpc) is 3.01. The Balaban J connectivity index is 1.87. The largest absolute Gasteiger partial charge is 0.383 e. The summed E-state index contributed by atoms with van der Waals surface area (Å²) in [6.45, 7) is 2.65. The number of carbonyl (C=O) groups excluding carboxylic acids is 1. The Morgan fingerprint density at radius 3 is 2.52 bits per heavy atom. The van der Waals surface area contributed by atoms with E-state index in [0.29, 0.717) is 34.3 Å². The highest BCUT2D eigenvalue weighted by atomic mass is 16.1. The van der Waals surface area contributed by atoms with Crippen LogP contribution >= 0.6 is 0 Å². The Labute approximate surface area is 168 Å². The second-order valence-corrected chi connectivity index (χ2v) is 6.72.